The second-order valence-electron chi connectivity index (χ2n) is 5.11. The molecule has 1 N–H and O–H groups in total. The lowest BCUT2D eigenvalue weighted by atomic mass is 10.1. The maximum Gasteiger partial charge on any atom is 0.143 e. The van der Waals surface area contributed by atoms with E-state index in [0.717, 1.165) is 17.5 Å². The molecule has 2 unspecified atom stereocenters. The number of thioether (sulfide) groups is 1. The molecule has 2 heterocycles. The molecule has 2 aromatic rings. The van der Waals surface area contributed by atoms with Crippen molar-refractivity contribution in [1.29, 1.82) is 0 Å². The third-order valence-corrected chi connectivity index (χ3v) is 5.06. The topological polar surface area (TPSA) is 55.6 Å². The fourth-order valence-corrected chi connectivity index (χ4v) is 3.66. The molecule has 5 nitrogen and oxygen atoms in total. The van der Waals surface area contributed by atoms with E-state index in [0.29, 0.717) is 6.04 Å². The van der Waals surface area contributed by atoms with Gasteiger partial charge in [0.25, 0.3) is 0 Å². The minimum Gasteiger partial charge on any atom is -0.309 e. The lowest BCUT2D eigenvalue weighted by Crippen LogP contribution is -2.26. The summed E-state index contributed by atoms with van der Waals surface area (Å²) in [6, 6.07) is 8.69. The summed E-state index contributed by atoms with van der Waals surface area (Å²) < 4.78 is 1.68. The molecular weight excluding hydrogens is 270 g/mol. The highest BCUT2D eigenvalue weighted by atomic mass is 32.2. The van der Waals surface area contributed by atoms with E-state index in [1.165, 1.54) is 24.2 Å². The van der Waals surface area contributed by atoms with Crippen LogP contribution < -0.4 is 5.32 Å². The Morgan fingerprint density at radius 2 is 2.45 bits per heavy atom. The minimum atomic E-state index is 0.340. The molecule has 0 aliphatic carbocycles. The van der Waals surface area contributed by atoms with Gasteiger partial charge in [-0.05, 0) is 53.6 Å². The second kappa shape index (κ2) is 6.37. The van der Waals surface area contributed by atoms with Crippen LogP contribution in [0.15, 0.2) is 30.6 Å². The summed E-state index contributed by atoms with van der Waals surface area (Å²) in [4.78, 5) is 0. The van der Waals surface area contributed by atoms with Crippen LogP contribution in [0.1, 0.15) is 31.4 Å². The summed E-state index contributed by atoms with van der Waals surface area (Å²) in [5.74, 6) is 1.31. The first-order chi connectivity index (χ1) is 9.83. The van der Waals surface area contributed by atoms with Gasteiger partial charge in [0, 0.05) is 17.8 Å². The van der Waals surface area contributed by atoms with Gasteiger partial charge in [-0.1, -0.05) is 12.1 Å². The fourth-order valence-electron chi connectivity index (χ4n) is 2.45. The molecule has 1 aromatic heterocycles. The highest BCUT2D eigenvalue weighted by Crippen LogP contribution is 2.26. The first-order valence-corrected chi connectivity index (χ1v) is 8.06. The van der Waals surface area contributed by atoms with Gasteiger partial charge in [0.05, 0.1) is 5.69 Å². The van der Waals surface area contributed by atoms with Gasteiger partial charge in [-0.3, -0.25) is 0 Å². The van der Waals surface area contributed by atoms with Gasteiger partial charge in [0.2, 0.25) is 0 Å². The van der Waals surface area contributed by atoms with Crippen molar-refractivity contribution in [1.82, 2.24) is 25.5 Å². The molecule has 0 amide bonds. The third-order valence-electron chi connectivity index (χ3n) is 3.66. The molecule has 3 rings (SSSR count). The number of nitrogens with one attached hydrogen (secondary N) is 1. The van der Waals surface area contributed by atoms with Crippen molar-refractivity contribution in [3.63, 3.8) is 0 Å². The molecule has 1 saturated heterocycles. The maximum absolute atomic E-state index is 3.93. The summed E-state index contributed by atoms with van der Waals surface area (Å²) in [5, 5.41) is 15.7. The van der Waals surface area contributed by atoms with Crippen LogP contribution in [-0.2, 0) is 0 Å². The Labute approximate surface area is 123 Å². The summed E-state index contributed by atoms with van der Waals surface area (Å²) in [5.41, 5.74) is 2.26. The van der Waals surface area contributed by atoms with Gasteiger partial charge in [0.1, 0.15) is 6.33 Å². The van der Waals surface area contributed by atoms with Crippen LogP contribution in [0, 0.1) is 0 Å². The number of rotatable bonds is 5. The molecule has 1 aliphatic rings. The molecule has 106 valence electrons. The van der Waals surface area contributed by atoms with Gasteiger partial charge in [-0.2, -0.15) is 11.8 Å². The van der Waals surface area contributed by atoms with Crippen molar-refractivity contribution in [2.45, 2.75) is 31.1 Å². The van der Waals surface area contributed by atoms with Crippen LogP contribution in [0.4, 0.5) is 0 Å². The van der Waals surface area contributed by atoms with Crippen molar-refractivity contribution in [3.05, 3.63) is 36.2 Å². The standard InChI is InChI=1S/C14H19N5S/c1-11(15-9-14-6-3-7-20-14)12-4-2-5-13(8-12)19-10-16-17-18-19/h2,4-5,8,10-11,14-15H,3,6-7,9H2,1H3. The van der Waals surface area contributed by atoms with E-state index in [4.69, 9.17) is 0 Å². The largest absolute Gasteiger partial charge is 0.309 e. The zero-order valence-electron chi connectivity index (χ0n) is 11.6. The van der Waals surface area contributed by atoms with E-state index in [2.05, 4.69) is 57.7 Å². The quantitative estimate of drug-likeness (QED) is 0.914. The Hall–Kier alpha value is -1.40. The summed E-state index contributed by atoms with van der Waals surface area (Å²) >= 11 is 2.09. The van der Waals surface area contributed by atoms with Crippen molar-refractivity contribution in [2.75, 3.05) is 12.3 Å². The molecule has 1 aromatic carbocycles. The summed E-state index contributed by atoms with van der Waals surface area (Å²) in [6.45, 7) is 3.29. The first-order valence-electron chi connectivity index (χ1n) is 7.01. The molecule has 20 heavy (non-hydrogen) atoms. The highest BCUT2D eigenvalue weighted by Gasteiger charge is 2.16. The number of nitrogens with zero attached hydrogens (tertiary/aromatic N) is 4. The maximum atomic E-state index is 3.93. The van der Waals surface area contributed by atoms with Crippen LogP contribution in [-0.4, -0.2) is 37.8 Å². The number of aromatic nitrogens is 4. The average Bonchev–Trinajstić information content (AvgIpc) is 3.18. The lowest BCUT2D eigenvalue weighted by molar-refractivity contribution is 0.559. The molecule has 0 spiro atoms. The summed E-state index contributed by atoms with van der Waals surface area (Å²) in [7, 11) is 0. The van der Waals surface area contributed by atoms with Gasteiger partial charge < -0.3 is 5.32 Å². The Morgan fingerprint density at radius 1 is 1.50 bits per heavy atom. The predicted octanol–water partition coefficient (Wildman–Crippen LogP) is 2.21. The summed E-state index contributed by atoms with van der Waals surface area (Å²) in [6.07, 6.45) is 4.32. The molecular formula is C14H19N5S. The van der Waals surface area contributed by atoms with E-state index in [1.807, 2.05) is 6.07 Å². The second-order valence-corrected chi connectivity index (χ2v) is 6.52. The van der Waals surface area contributed by atoms with Crippen molar-refractivity contribution in [3.8, 4) is 5.69 Å². The SMILES string of the molecule is CC(NCC1CCCS1)c1cccc(-n2cnnn2)c1. The molecule has 1 fully saturated rings. The van der Waals surface area contributed by atoms with Crippen molar-refractivity contribution < 1.29 is 0 Å². The van der Waals surface area contributed by atoms with Gasteiger partial charge in [-0.15, -0.1) is 5.10 Å². The highest BCUT2D eigenvalue weighted by molar-refractivity contribution is 8.00. The number of benzene rings is 1. The van der Waals surface area contributed by atoms with Gasteiger partial charge in [-0.25, -0.2) is 4.68 Å². The number of hydrogen-bond acceptors (Lipinski definition) is 5. The molecule has 2 atom stereocenters. The van der Waals surface area contributed by atoms with E-state index in [1.54, 1.807) is 11.0 Å². The Balaban J connectivity index is 1.65. The van der Waals surface area contributed by atoms with Crippen LogP contribution in [0.3, 0.4) is 0 Å². The lowest BCUT2D eigenvalue weighted by Gasteiger charge is -2.17. The Bertz CT molecular complexity index is 536. The predicted molar refractivity (Wildman–Crippen MR) is 81.1 cm³/mol. The molecule has 0 bridgehead atoms. The normalized spacial score (nSPS) is 20.1. The smallest absolute Gasteiger partial charge is 0.143 e. The van der Waals surface area contributed by atoms with Gasteiger partial charge in [0.15, 0.2) is 0 Å². The third kappa shape index (κ3) is 3.19. The van der Waals surface area contributed by atoms with Crippen molar-refractivity contribution >= 4 is 11.8 Å². The number of hydrogen-bond donors (Lipinski definition) is 1. The van der Waals surface area contributed by atoms with Crippen LogP contribution in [0.2, 0.25) is 0 Å². The van der Waals surface area contributed by atoms with Crippen LogP contribution >= 0.6 is 11.8 Å². The Kier molecular flexibility index (Phi) is 4.32. The molecule has 0 radical (unpaired) electrons. The van der Waals surface area contributed by atoms with E-state index < -0.39 is 0 Å². The fraction of sp³-hybridized carbons (Fsp3) is 0.500. The molecule has 0 saturated carbocycles. The van der Waals surface area contributed by atoms with E-state index in [-0.39, 0.29) is 0 Å². The monoisotopic (exact) mass is 289 g/mol. The zero-order chi connectivity index (χ0) is 13.8. The zero-order valence-corrected chi connectivity index (χ0v) is 12.4. The van der Waals surface area contributed by atoms with Crippen LogP contribution in [0.5, 0.6) is 0 Å². The van der Waals surface area contributed by atoms with Crippen molar-refractivity contribution in [2.24, 2.45) is 0 Å². The Morgan fingerprint density at radius 3 is 3.20 bits per heavy atom. The van der Waals surface area contributed by atoms with Crippen LogP contribution in [0.25, 0.3) is 5.69 Å². The number of tetrazole rings is 1. The molecule has 1 aliphatic heterocycles. The van der Waals surface area contributed by atoms with E-state index >= 15 is 0 Å². The first kappa shape index (κ1) is 13.6. The van der Waals surface area contributed by atoms with E-state index in [9.17, 15) is 0 Å². The average molecular weight is 289 g/mol. The minimum absolute atomic E-state index is 0.340. The molecule has 6 heteroatoms. The van der Waals surface area contributed by atoms with Gasteiger partial charge >= 0.3 is 0 Å².